The molecule has 1 unspecified atom stereocenters. The zero-order chi connectivity index (χ0) is 14.6. The molecule has 1 aromatic carbocycles. The van der Waals surface area contributed by atoms with Crippen molar-refractivity contribution in [2.75, 3.05) is 18.6 Å². The molecule has 1 atom stereocenters. The Labute approximate surface area is 121 Å². The van der Waals surface area contributed by atoms with Gasteiger partial charge >= 0.3 is 0 Å². The van der Waals surface area contributed by atoms with Gasteiger partial charge in [0.05, 0.1) is 5.75 Å². The Morgan fingerprint density at radius 2 is 1.89 bits per heavy atom. The first-order valence-electron chi connectivity index (χ1n) is 6.42. The van der Waals surface area contributed by atoms with Crippen LogP contribution in [0.2, 0.25) is 5.02 Å². The van der Waals surface area contributed by atoms with Gasteiger partial charge in [-0.3, -0.25) is 0 Å². The highest BCUT2D eigenvalue weighted by atomic mass is 35.5. The molecule has 0 saturated carbocycles. The molecule has 5 heteroatoms. The summed E-state index contributed by atoms with van der Waals surface area (Å²) in [5, 5.41) is 4.02. The molecule has 0 saturated heterocycles. The lowest BCUT2D eigenvalue weighted by Gasteiger charge is -2.21. The number of hydrogen-bond acceptors (Lipinski definition) is 3. The van der Waals surface area contributed by atoms with Gasteiger partial charge in [0.15, 0.2) is 0 Å². The summed E-state index contributed by atoms with van der Waals surface area (Å²) in [6.45, 7) is 6.75. The minimum Gasteiger partial charge on any atom is -0.309 e. The largest absolute Gasteiger partial charge is 0.309 e. The number of rotatable bonds is 6. The molecule has 0 aliphatic heterocycles. The average molecular weight is 304 g/mol. The number of hydrogen-bond donors (Lipinski definition) is 1. The van der Waals surface area contributed by atoms with Crippen molar-refractivity contribution in [3.63, 3.8) is 0 Å². The van der Waals surface area contributed by atoms with Crippen LogP contribution < -0.4 is 5.32 Å². The molecule has 0 bridgehead atoms. The molecule has 0 heterocycles. The molecule has 0 radical (unpaired) electrons. The van der Waals surface area contributed by atoms with Crippen molar-refractivity contribution in [1.82, 2.24) is 5.32 Å². The molecule has 1 rings (SSSR count). The van der Waals surface area contributed by atoms with E-state index in [0.29, 0.717) is 0 Å². The number of benzene rings is 1. The maximum atomic E-state index is 11.6. The van der Waals surface area contributed by atoms with Crippen molar-refractivity contribution in [3.8, 4) is 0 Å². The Morgan fingerprint density at radius 1 is 1.26 bits per heavy atom. The third-order valence-electron chi connectivity index (χ3n) is 3.03. The summed E-state index contributed by atoms with van der Waals surface area (Å²) >= 11 is 6.09. The summed E-state index contributed by atoms with van der Waals surface area (Å²) in [5.41, 5.74) is 3.01. The Kier molecular flexibility index (Phi) is 5.83. The Morgan fingerprint density at radius 3 is 2.42 bits per heavy atom. The van der Waals surface area contributed by atoms with E-state index in [1.165, 1.54) is 6.26 Å². The van der Waals surface area contributed by atoms with Crippen LogP contribution in [0.15, 0.2) is 12.1 Å². The first kappa shape index (κ1) is 16.5. The van der Waals surface area contributed by atoms with Crippen LogP contribution in [-0.4, -0.2) is 27.0 Å². The number of aryl methyl sites for hydroxylation is 2. The van der Waals surface area contributed by atoms with Crippen molar-refractivity contribution in [2.24, 2.45) is 0 Å². The second kappa shape index (κ2) is 6.73. The van der Waals surface area contributed by atoms with Crippen molar-refractivity contribution >= 4 is 21.4 Å². The van der Waals surface area contributed by atoms with Crippen LogP contribution >= 0.6 is 11.6 Å². The third kappa shape index (κ3) is 5.13. The molecular formula is C14H22ClNO2S. The van der Waals surface area contributed by atoms with Gasteiger partial charge in [0.1, 0.15) is 9.84 Å². The van der Waals surface area contributed by atoms with Gasteiger partial charge < -0.3 is 5.32 Å². The zero-order valence-electron chi connectivity index (χ0n) is 12.0. The molecule has 0 aliphatic carbocycles. The molecule has 0 aliphatic rings. The van der Waals surface area contributed by atoms with E-state index in [4.69, 9.17) is 11.6 Å². The summed E-state index contributed by atoms with van der Waals surface area (Å²) < 4.78 is 23.2. The van der Waals surface area contributed by atoms with Crippen molar-refractivity contribution in [2.45, 2.75) is 33.2 Å². The molecule has 1 N–H and O–H groups in total. The van der Waals surface area contributed by atoms with Crippen molar-refractivity contribution in [1.29, 1.82) is 0 Å². The van der Waals surface area contributed by atoms with E-state index in [1.54, 1.807) is 0 Å². The quantitative estimate of drug-likeness (QED) is 0.878. The summed E-state index contributed by atoms with van der Waals surface area (Å²) in [4.78, 5) is 0. The first-order valence-corrected chi connectivity index (χ1v) is 8.86. The molecule has 0 amide bonds. The Bertz CT molecular complexity index is 541. The SMILES string of the molecule is CCCNC(CS(C)(=O)=O)c1cc(C)c(Cl)cc1C. The van der Waals surface area contributed by atoms with E-state index >= 15 is 0 Å². The minimum absolute atomic E-state index is 0.106. The highest BCUT2D eigenvalue weighted by Crippen LogP contribution is 2.26. The van der Waals surface area contributed by atoms with Gasteiger partial charge in [0.2, 0.25) is 0 Å². The number of nitrogens with one attached hydrogen (secondary N) is 1. The first-order chi connectivity index (χ1) is 8.74. The van der Waals surface area contributed by atoms with Gasteiger partial charge in [-0.05, 0) is 49.6 Å². The normalized spacial score (nSPS) is 13.5. The molecule has 108 valence electrons. The fourth-order valence-corrected chi connectivity index (χ4v) is 3.18. The van der Waals surface area contributed by atoms with Crippen LogP contribution in [0.5, 0.6) is 0 Å². The highest BCUT2D eigenvalue weighted by molar-refractivity contribution is 7.90. The summed E-state index contributed by atoms with van der Waals surface area (Å²) in [7, 11) is -3.04. The predicted molar refractivity (Wildman–Crippen MR) is 81.7 cm³/mol. The van der Waals surface area contributed by atoms with Crippen LogP contribution in [0.25, 0.3) is 0 Å². The summed E-state index contributed by atoms with van der Waals surface area (Å²) in [5.74, 6) is 0.106. The summed E-state index contributed by atoms with van der Waals surface area (Å²) in [6, 6.07) is 3.71. The molecule has 1 aromatic rings. The molecule has 0 spiro atoms. The van der Waals surface area contributed by atoms with Gasteiger partial charge in [0, 0.05) is 17.3 Å². The monoisotopic (exact) mass is 303 g/mol. The van der Waals surface area contributed by atoms with Gasteiger partial charge in [-0.25, -0.2) is 8.42 Å². The zero-order valence-corrected chi connectivity index (χ0v) is 13.5. The van der Waals surface area contributed by atoms with Crippen molar-refractivity contribution in [3.05, 3.63) is 33.8 Å². The van der Waals surface area contributed by atoms with E-state index in [9.17, 15) is 8.42 Å². The smallest absolute Gasteiger partial charge is 0.149 e. The van der Waals surface area contributed by atoms with Crippen LogP contribution in [0, 0.1) is 13.8 Å². The van der Waals surface area contributed by atoms with Gasteiger partial charge in [-0.2, -0.15) is 0 Å². The lowest BCUT2D eigenvalue weighted by molar-refractivity contribution is 0.547. The fraction of sp³-hybridized carbons (Fsp3) is 0.571. The van der Waals surface area contributed by atoms with E-state index in [0.717, 1.165) is 34.7 Å². The molecule has 3 nitrogen and oxygen atoms in total. The van der Waals surface area contributed by atoms with E-state index in [1.807, 2.05) is 26.0 Å². The maximum absolute atomic E-state index is 11.6. The van der Waals surface area contributed by atoms with Crippen LogP contribution in [0.1, 0.15) is 36.1 Å². The fourth-order valence-electron chi connectivity index (χ4n) is 2.06. The molecule has 0 fully saturated rings. The minimum atomic E-state index is -3.04. The second-order valence-electron chi connectivity index (χ2n) is 5.06. The van der Waals surface area contributed by atoms with E-state index in [-0.39, 0.29) is 11.8 Å². The van der Waals surface area contributed by atoms with Crippen LogP contribution in [-0.2, 0) is 9.84 Å². The Balaban J connectivity index is 3.13. The van der Waals surface area contributed by atoms with Crippen LogP contribution in [0.3, 0.4) is 0 Å². The van der Waals surface area contributed by atoms with Gasteiger partial charge in [-0.1, -0.05) is 24.6 Å². The number of halogens is 1. The van der Waals surface area contributed by atoms with E-state index in [2.05, 4.69) is 12.2 Å². The second-order valence-corrected chi connectivity index (χ2v) is 7.65. The lowest BCUT2D eigenvalue weighted by Crippen LogP contribution is -2.29. The van der Waals surface area contributed by atoms with Gasteiger partial charge in [0.25, 0.3) is 0 Å². The molecule has 0 aromatic heterocycles. The highest BCUT2D eigenvalue weighted by Gasteiger charge is 2.19. The Hall–Kier alpha value is -0.580. The summed E-state index contributed by atoms with van der Waals surface area (Å²) in [6.07, 6.45) is 2.23. The number of sulfone groups is 1. The molecular weight excluding hydrogens is 282 g/mol. The lowest BCUT2D eigenvalue weighted by atomic mass is 9.99. The third-order valence-corrected chi connectivity index (χ3v) is 4.38. The molecule has 19 heavy (non-hydrogen) atoms. The van der Waals surface area contributed by atoms with Gasteiger partial charge in [-0.15, -0.1) is 0 Å². The predicted octanol–water partition coefficient (Wildman–Crippen LogP) is 3.04. The van der Waals surface area contributed by atoms with Crippen LogP contribution in [0.4, 0.5) is 0 Å². The average Bonchev–Trinajstić information content (AvgIpc) is 2.28. The van der Waals surface area contributed by atoms with E-state index < -0.39 is 9.84 Å². The maximum Gasteiger partial charge on any atom is 0.149 e. The van der Waals surface area contributed by atoms with Crippen molar-refractivity contribution < 1.29 is 8.42 Å². The standard InChI is InChI=1S/C14H22ClNO2S/c1-5-6-16-14(9-19(4,17)18)12-7-11(3)13(15)8-10(12)2/h7-8,14,16H,5-6,9H2,1-4H3. The topological polar surface area (TPSA) is 46.2 Å².